The number of nitrogens with zero attached hydrogens (tertiary/aromatic N) is 1. The van der Waals surface area contributed by atoms with Crippen molar-refractivity contribution in [2.75, 3.05) is 31.5 Å². The molecule has 1 saturated heterocycles. The van der Waals surface area contributed by atoms with Crippen molar-refractivity contribution in [2.24, 2.45) is 0 Å². The van der Waals surface area contributed by atoms with Gasteiger partial charge in [-0.2, -0.15) is 0 Å². The second kappa shape index (κ2) is 6.03. The number of hydrogen-bond acceptors (Lipinski definition) is 4. The highest BCUT2D eigenvalue weighted by Gasteiger charge is 2.35. The van der Waals surface area contributed by atoms with Gasteiger partial charge in [0.2, 0.25) is 5.91 Å². The number of hydrogen-bond donors (Lipinski definition) is 3. The average molecular weight is 291 g/mol. The molecular weight excluding hydrogens is 266 g/mol. The second-order valence-corrected chi connectivity index (χ2v) is 6.15. The molecule has 1 aliphatic heterocycles. The summed E-state index contributed by atoms with van der Waals surface area (Å²) in [6.45, 7) is 11.1. The zero-order chi connectivity index (χ0) is 15.6. The lowest BCUT2D eigenvalue weighted by atomic mass is 9.99. The summed E-state index contributed by atoms with van der Waals surface area (Å²) in [7, 11) is 0. The fourth-order valence-corrected chi connectivity index (χ4v) is 2.61. The van der Waals surface area contributed by atoms with Gasteiger partial charge in [-0.05, 0) is 39.3 Å². The Bertz CT molecular complexity index is 535. The third-order valence-electron chi connectivity index (χ3n) is 4.34. The fraction of sp³-hybridized carbons (Fsp3) is 0.562. The van der Waals surface area contributed by atoms with Gasteiger partial charge in [-0.25, -0.2) is 0 Å². The summed E-state index contributed by atoms with van der Waals surface area (Å²) in [6.07, 6.45) is 0. The Hall–Kier alpha value is -1.59. The number of anilines is 1. The van der Waals surface area contributed by atoms with E-state index in [1.54, 1.807) is 0 Å². The van der Waals surface area contributed by atoms with Crippen LogP contribution in [0.5, 0.6) is 5.75 Å². The zero-order valence-electron chi connectivity index (χ0n) is 13.3. The van der Waals surface area contributed by atoms with Crippen LogP contribution in [0.1, 0.15) is 25.0 Å². The molecule has 0 atom stereocenters. The van der Waals surface area contributed by atoms with E-state index in [9.17, 15) is 9.90 Å². The molecule has 0 aromatic heterocycles. The summed E-state index contributed by atoms with van der Waals surface area (Å²) in [6, 6.07) is 3.66. The summed E-state index contributed by atoms with van der Waals surface area (Å²) in [5, 5.41) is 16.2. The predicted octanol–water partition coefficient (Wildman–Crippen LogP) is 1.63. The smallest absolute Gasteiger partial charge is 0.244 e. The molecule has 2 rings (SSSR count). The zero-order valence-corrected chi connectivity index (χ0v) is 13.3. The van der Waals surface area contributed by atoms with E-state index in [0.29, 0.717) is 11.3 Å². The molecule has 0 radical (unpaired) electrons. The highest BCUT2D eigenvalue weighted by atomic mass is 16.3. The molecule has 116 valence electrons. The van der Waals surface area contributed by atoms with Gasteiger partial charge in [0.15, 0.2) is 0 Å². The van der Waals surface area contributed by atoms with Crippen LogP contribution in [0.2, 0.25) is 0 Å². The molecule has 1 amide bonds. The van der Waals surface area contributed by atoms with Crippen molar-refractivity contribution in [1.82, 2.24) is 10.2 Å². The fourth-order valence-electron chi connectivity index (χ4n) is 2.61. The van der Waals surface area contributed by atoms with Crippen LogP contribution in [0, 0.1) is 13.8 Å². The Morgan fingerprint density at radius 3 is 2.52 bits per heavy atom. The minimum absolute atomic E-state index is 0.0456. The molecule has 1 fully saturated rings. The number of nitrogens with one attached hydrogen (secondary N) is 2. The summed E-state index contributed by atoms with van der Waals surface area (Å²) < 4.78 is 0. The first-order chi connectivity index (χ1) is 9.84. The van der Waals surface area contributed by atoms with Gasteiger partial charge in [-0.1, -0.05) is 6.07 Å². The maximum Gasteiger partial charge on any atom is 0.244 e. The third-order valence-corrected chi connectivity index (χ3v) is 4.34. The molecule has 1 aliphatic rings. The molecule has 0 unspecified atom stereocenters. The molecule has 1 heterocycles. The van der Waals surface area contributed by atoms with E-state index in [1.165, 1.54) is 0 Å². The van der Waals surface area contributed by atoms with E-state index in [-0.39, 0.29) is 11.7 Å². The van der Waals surface area contributed by atoms with Crippen LogP contribution < -0.4 is 10.6 Å². The van der Waals surface area contributed by atoms with Gasteiger partial charge in [0, 0.05) is 37.4 Å². The van der Waals surface area contributed by atoms with Crippen molar-refractivity contribution >= 4 is 11.6 Å². The number of phenols is 1. The van der Waals surface area contributed by atoms with Gasteiger partial charge in [0.25, 0.3) is 0 Å². The molecule has 21 heavy (non-hydrogen) atoms. The van der Waals surface area contributed by atoms with Crippen LogP contribution in [-0.4, -0.2) is 47.6 Å². The number of aryl methyl sites for hydroxylation is 1. The number of carbonyl (C=O) groups excluding carboxylic acids is 1. The van der Waals surface area contributed by atoms with Gasteiger partial charge in [-0.3, -0.25) is 9.69 Å². The van der Waals surface area contributed by atoms with Crippen molar-refractivity contribution in [2.45, 2.75) is 33.2 Å². The second-order valence-electron chi connectivity index (χ2n) is 6.15. The summed E-state index contributed by atoms with van der Waals surface area (Å²) in [4.78, 5) is 14.8. The molecule has 0 aliphatic carbocycles. The lowest BCUT2D eigenvalue weighted by molar-refractivity contribution is -0.126. The number of piperazine rings is 1. The number of rotatable bonds is 3. The van der Waals surface area contributed by atoms with Crippen molar-refractivity contribution in [3.8, 4) is 5.75 Å². The minimum atomic E-state index is -0.574. The van der Waals surface area contributed by atoms with E-state index in [4.69, 9.17) is 0 Å². The maximum absolute atomic E-state index is 12.6. The van der Waals surface area contributed by atoms with Gasteiger partial charge in [-0.15, -0.1) is 0 Å². The highest BCUT2D eigenvalue weighted by Crippen LogP contribution is 2.29. The Labute approximate surface area is 126 Å². The Balaban J connectivity index is 2.15. The van der Waals surface area contributed by atoms with E-state index in [1.807, 2.05) is 39.8 Å². The first-order valence-electron chi connectivity index (χ1n) is 7.40. The number of phenolic OH excluding ortho intramolecular Hbond substituents is 1. The summed E-state index contributed by atoms with van der Waals surface area (Å²) in [5.41, 5.74) is 1.62. The quantitative estimate of drug-likeness (QED) is 0.792. The van der Waals surface area contributed by atoms with Gasteiger partial charge in [0.1, 0.15) is 5.75 Å². The van der Waals surface area contributed by atoms with Crippen LogP contribution in [0.4, 0.5) is 5.69 Å². The predicted molar refractivity (Wildman–Crippen MR) is 84.7 cm³/mol. The van der Waals surface area contributed by atoms with Crippen molar-refractivity contribution in [3.63, 3.8) is 0 Å². The highest BCUT2D eigenvalue weighted by molar-refractivity contribution is 5.98. The van der Waals surface area contributed by atoms with Crippen LogP contribution in [0.3, 0.4) is 0 Å². The molecule has 0 spiro atoms. The summed E-state index contributed by atoms with van der Waals surface area (Å²) >= 11 is 0. The molecular formula is C16H25N3O2. The molecule has 1 aromatic rings. The van der Waals surface area contributed by atoms with Crippen LogP contribution in [0.25, 0.3) is 0 Å². The lowest BCUT2D eigenvalue weighted by Crippen LogP contribution is -2.58. The number of aromatic hydroxyl groups is 1. The Kier molecular flexibility index (Phi) is 4.54. The monoisotopic (exact) mass is 291 g/mol. The van der Waals surface area contributed by atoms with Crippen LogP contribution in [-0.2, 0) is 4.79 Å². The van der Waals surface area contributed by atoms with E-state index < -0.39 is 5.54 Å². The Morgan fingerprint density at radius 2 is 1.90 bits per heavy atom. The third kappa shape index (κ3) is 3.19. The topological polar surface area (TPSA) is 64.6 Å². The number of benzene rings is 1. The minimum Gasteiger partial charge on any atom is -0.507 e. The molecule has 3 N–H and O–H groups in total. The molecule has 5 heteroatoms. The first kappa shape index (κ1) is 15.8. The Morgan fingerprint density at radius 1 is 1.29 bits per heavy atom. The normalized spacial score (nSPS) is 16.8. The van der Waals surface area contributed by atoms with E-state index in [2.05, 4.69) is 15.5 Å². The van der Waals surface area contributed by atoms with Gasteiger partial charge >= 0.3 is 0 Å². The number of amides is 1. The van der Waals surface area contributed by atoms with Gasteiger partial charge < -0.3 is 15.7 Å². The van der Waals surface area contributed by atoms with Crippen molar-refractivity contribution in [3.05, 3.63) is 23.3 Å². The van der Waals surface area contributed by atoms with Crippen LogP contribution in [0.15, 0.2) is 12.1 Å². The largest absolute Gasteiger partial charge is 0.507 e. The standard InChI is InChI=1S/C16H25N3O2/c1-11-5-6-13(12(2)14(11)20)18-15(21)16(3,4)19-9-7-17-8-10-19/h5-6,17,20H,7-10H2,1-4H3,(H,18,21). The van der Waals surface area contributed by atoms with E-state index in [0.717, 1.165) is 31.7 Å². The maximum atomic E-state index is 12.6. The van der Waals surface area contributed by atoms with Gasteiger partial charge in [0.05, 0.1) is 5.54 Å². The lowest BCUT2D eigenvalue weighted by Gasteiger charge is -2.39. The molecule has 0 bridgehead atoms. The molecule has 0 saturated carbocycles. The van der Waals surface area contributed by atoms with Crippen LogP contribution >= 0.6 is 0 Å². The number of carbonyl (C=O) groups is 1. The first-order valence-corrected chi connectivity index (χ1v) is 7.40. The molecule has 1 aromatic carbocycles. The average Bonchev–Trinajstić information content (AvgIpc) is 2.48. The summed E-state index contributed by atoms with van der Waals surface area (Å²) in [5.74, 6) is 0.198. The van der Waals surface area contributed by atoms with Crippen molar-refractivity contribution < 1.29 is 9.90 Å². The molecule has 5 nitrogen and oxygen atoms in total. The van der Waals surface area contributed by atoms with Crippen molar-refractivity contribution in [1.29, 1.82) is 0 Å². The van der Waals surface area contributed by atoms with E-state index >= 15 is 0 Å². The SMILES string of the molecule is Cc1ccc(NC(=O)C(C)(C)N2CCNCC2)c(C)c1O.